The molecule has 1 N–H and O–H groups in total. The van der Waals surface area contributed by atoms with E-state index in [4.69, 9.17) is 0 Å². The van der Waals surface area contributed by atoms with Crippen molar-refractivity contribution in [3.8, 4) is 0 Å². The van der Waals surface area contributed by atoms with E-state index in [0.29, 0.717) is 10.6 Å². The number of nitrogens with zero attached hydrogens (tertiary/aromatic N) is 1. The Balaban J connectivity index is 2.20. The minimum atomic E-state index is -0.301. The molecule has 0 radical (unpaired) electrons. The predicted octanol–water partition coefficient (Wildman–Crippen LogP) is 3.79. The lowest BCUT2D eigenvalue weighted by atomic mass is 10.1. The molecule has 6 heteroatoms. The molecule has 96 valence electrons. The highest BCUT2D eigenvalue weighted by molar-refractivity contribution is 9.10. The Labute approximate surface area is 117 Å². The Bertz CT molecular complexity index is 584. The lowest BCUT2D eigenvalue weighted by molar-refractivity contribution is -0.116. The molecule has 1 atom stereocenters. The van der Waals surface area contributed by atoms with Crippen LogP contribution in [0.4, 0.5) is 9.52 Å². The van der Waals surface area contributed by atoms with Crippen LogP contribution in [0, 0.1) is 11.7 Å². The lowest BCUT2D eigenvalue weighted by Crippen LogP contribution is -2.26. The van der Waals surface area contributed by atoms with E-state index in [1.165, 1.54) is 23.5 Å². The highest BCUT2D eigenvalue weighted by atomic mass is 79.9. The van der Waals surface area contributed by atoms with Gasteiger partial charge in [-0.1, -0.05) is 41.1 Å². The van der Waals surface area contributed by atoms with Gasteiger partial charge in [0.1, 0.15) is 5.82 Å². The first-order valence-corrected chi connectivity index (χ1v) is 7.21. The van der Waals surface area contributed by atoms with Crippen molar-refractivity contribution in [1.29, 1.82) is 0 Å². The molecule has 0 spiro atoms. The number of thiazole rings is 1. The second kappa shape index (κ2) is 5.32. The van der Waals surface area contributed by atoms with E-state index in [-0.39, 0.29) is 22.5 Å². The number of carbonyl (C=O) groups is 1. The third-order valence-electron chi connectivity index (χ3n) is 2.42. The summed E-state index contributed by atoms with van der Waals surface area (Å²) in [5.74, 6) is -0.245. The molecule has 0 aliphatic heterocycles. The number of rotatable bonds is 3. The van der Waals surface area contributed by atoms with E-state index < -0.39 is 0 Å². The third-order valence-corrected chi connectivity index (χ3v) is 4.82. The fraction of sp³-hybridized carbons (Fsp3) is 0.333. The number of amides is 1. The molecule has 3 nitrogen and oxygen atoms in total. The highest BCUT2D eigenvalue weighted by Gasteiger charge is 2.19. The van der Waals surface area contributed by atoms with Gasteiger partial charge in [-0.25, -0.2) is 9.37 Å². The number of aromatic nitrogens is 1. The van der Waals surface area contributed by atoms with Crippen LogP contribution in [0.5, 0.6) is 0 Å². The number of nitrogens with one attached hydrogen (secondary N) is 1. The number of carbonyl (C=O) groups excluding carboxylic acids is 1. The minimum Gasteiger partial charge on any atom is -0.301 e. The normalized spacial score (nSPS) is 12.9. The average Bonchev–Trinajstić information content (AvgIpc) is 2.68. The zero-order valence-corrected chi connectivity index (χ0v) is 12.3. The number of hydrogen-bond donors (Lipinski definition) is 1. The van der Waals surface area contributed by atoms with Gasteiger partial charge in [-0.05, 0) is 24.1 Å². The van der Waals surface area contributed by atoms with Crippen molar-refractivity contribution in [2.24, 2.45) is 5.92 Å². The van der Waals surface area contributed by atoms with E-state index in [2.05, 4.69) is 26.2 Å². The molecule has 0 saturated carbocycles. The van der Waals surface area contributed by atoms with Gasteiger partial charge >= 0.3 is 0 Å². The Kier molecular flexibility index (Phi) is 3.97. The Morgan fingerprint density at radius 3 is 2.89 bits per heavy atom. The van der Waals surface area contributed by atoms with Crippen LogP contribution in [0.3, 0.4) is 0 Å². The van der Waals surface area contributed by atoms with E-state index in [1.54, 1.807) is 6.07 Å². The largest absolute Gasteiger partial charge is 0.301 e. The van der Waals surface area contributed by atoms with E-state index in [0.717, 1.165) is 4.70 Å². The quantitative estimate of drug-likeness (QED) is 0.870. The molecule has 1 heterocycles. The summed E-state index contributed by atoms with van der Waals surface area (Å²) in [5, 5.41) is 3.22. The number of hydrogen-bond acceptors (Lipinski definition) is 3. The molecule has 1 amide bonds. The molecular weight excluding hydrogens is 319 g/mol. The van der Waals surface area contributed by atoms with E-state index in [9.17, 15) is 9.18 Å². The maximum absolute atomic E-state index is 13.0. The van der Waals surface area contributed by atoms with Gasteiger partial charge in [0.15, 0.2) is 5.13 Å². The summed E-state index contributed by atoms with van der Waals surface area (Å²) in [5.41, 5.74) is 0.687. The molecule has 0 unspecified atom stereocenters. The van der Waals surface area contributed by atoms with Gasteiger partial charge in [0.2, 0.25) is 5.91 Å². The summed E-state index contributed by atoms with van der Waals surface area (Å²) >= 11 is 4.59. The van der Waals surface area contributed by atoms with Gasteiger partial charge in [0.05, 0.1) is 15.0 Å². The Morgan fingerprint density at radius 2 is 2.22 bits per heavy atom. The van der Waals surface area contributed by atoms with Crippen LogP contribution in [0.15, 0.2) is 18.2 Å². The summed E-state index contributed by atoms with van der Waals surface area (Å²) in [6.07, 6.45) is 0. The molecule has 0 saturated heterocycles. The van der Waals surface area contributed by atoms with E-state index >= 15 is 0 Å². The Hall–Kier alpha value is -1.01. The van der Waals surface area contributed by atoms with Crippen molar-refractivity contribution in [3.05, 3.63) is 24.0 Å². The highest BCUT2D eigenvalue weighted by Crippen LogP contribution is 2.27. The first kappa shape index (κ1) is 13.4. The molecule has 0 fully saturated rings. The van der Waals surface area contributed by atoms with Crippen LogP contribution in [0.2, 0.25) is 0 Å². The van der Waals surface area contributed by atoms with Gasteiger partial charge in [-0.15, -0.1) is 0 Å². The third kappa shape index (κ3) is 2.87. The van der Waals surface area contributed by atoms with Crippen molar-refractivity contribution < 1.29 is 9.18 Å². The van der Waals surface area contributed by atoms with Crippen LogP contribution in [-0.2, 0) is 4.79 Å². The fourth-order valence-corrected chi connectivity index (χ4v) is 2.44. The second-order valence-corrected chi connectivity index (χ2v) is 6.28. The zero-order chi connectivity index (χ0) is 13.3. The first-order chi connectivity index (χ1) is 8.47. The van der Waals surface area contributed by atoms with Crippen molar-refractivity contribution in [2.45, 2.75) is 18.7 Å². The van der Waals surface area contributed by atoms with Gasteiger partial charge in [-0.2, -0.15) is 0 Å². The number of alkyl halides is 1. The molecule has 0 bridgehead atoms. The van der Waals surface area contributed by atoms with Crippen LogP contribution in [0.25, 0.3) is 10.2 Å². The number of halogens is 2. The lowest BCUT2D eigenvalue weighted by Gasteiger charge is -2.11. The maximum atomic E-state index is 13.0. The maximum Gasteiger partial charge on any atom is 0.240 e. The minimum absolute atomic E-state index is 0.135. The summed E-state index contributed by atoms with van der Waals surface area (Å²) in [7, 11) is 0. The van der Waals surface area contributed by atoms with Crippen molar-refractivity contribution in [3.63, 3.8) is 0 Å². The van der Waals surface area contributed by atoms with Crippen molar-refractivity contribution in [1.82, 2.24) is 4.98 Å². The monoisotopic (exact) mass is 330 g/mol. The van der Waals surface area contributed by atoms with E-state index in [1.807, 2.05) is 13.8 Å². The summed E-state index contributed by atoms with van der Waals surface area (Å²) in [6, 6.07) is 4.37. The van der Waals surface area contributed by atoms with Crippen LogP contribution in [0.1, 0.15) is 13.8 Å². The molecule has 0 aliphatic carbocycles. The zero-order valence-electron chi connectivity index (χ0n) is 9.91. The summed E-state index contributed by atoms with van der Waals surface area (Å²) in [4.78, 5) is 15.8. The van der Waals surface area contributed by atoms with Crippen molar-refractivity contribution in [2.75, 3.05) is 5.32 Å². The second-order valence-electron chi connectivity index (χ2n) is 4.27. The first-order valence-electron chi connectivity index (χ1n) is 5.48. The molecule has 18 heavy (non-hydrogen) atoms. The summed E-state index contributed by atoms with van der Waals surface area (Å²) < 4.78 is 13.7. The van der Waals surface area contributed by atoms with Gasteiger partial charge < -0.3 is 5.32 Å². The molecular formula is C12H12BrFN2OS. The smallest absolute Gasteiger partial charge is 0.240 e. The van der Waals surface area contributed by atoms with Gasteiger partial charge in [0.25, 0.3) is 0 Å². The standard InChI is InChI=1S/C12H12BrFN2OS/c1-6(2)10(13)11(17)16-12-15-8-4-3-7(14)5-9(8)18-12/h3-6,10H,1-2H3,(H,15,16,17)/t10-/m1/s1. The molecule has 1 aromatic carbocycles. The SMILES string of the molecule is CC(C)[C@@H](Br)C(=O)Nc1nc2ccc(F)cc2s1. The topological polar surface area (TPSA) is 42.0 Å². The van der Waals surface area contributed by atoms with Gasteiger partial charge in [0, 0.05) is 0 Å². The fourth-order valence-electron chi connectivity index (χ4n) is 1.43. The molecule has 2 rings (SSSR count). The van der Waals surface area contributed by atoms with Gasteiger partial charge in [-0.3, -0.25) is 4.79 Å². The average molecular weight is 331 g/mol. The number of benzene rings is 1. The molecule has 1 aromatic heterocycles. The number of anilines is 1. The van der Waals surface area contributed by atoms with Crippen LogP contribution in [-0.4, -0.2) is 15.7 Å². The summed E-state index contributed by atoms with van der Waals surface area (Å²) in [6.45, 7) is 3.90. The molecule has 0 aliphatic rings. The molecule has 2 aromatic rings. The number of fused-ring (bicyclic) bond motifs is 1. The predicted molar refractivity (Wildman–Crippen MR) is 75.8 cm³/mol. The Morgan fingerprint density at radius 1 is 1.50 bits per heavy atom. The van der Waals surface area contributed by atoms with Crippen molar-refractivity contribution >= 4 is 48.5 Å². The van der Waals surface area contributed by atoms with Crippen LogP contribution >= 0.6 is 27.3 Å². The van der Waals surface area contributed by atoms with Crippen LogP contribution < -0.4 is 5.32 Å².